The Balaban J connectivity index is 1.56. The Morgan fingerprint density at radius 1 is 1.10 bits per heavy atom. The zero-order valence-corrected chi connectivity index (χ0v) is 19.0. The normalized spacial score (nSPS) is 19.4. The lowest BCUT2D eigenvalue weighted by Gasteiger charge is -2.43. The van der Waals surface area contributed by atoms with Gasteiger partial charge in [-0.1, -0.05) is 29.8 Å². The van der Waals surface area contributed by atoms with Gasteiger partial charge in [-0.25, -0.2) is 13.1 Å². The predicted molar refractivity (Wildman–Crippen MR) is 118 cm³/mol. The summed E-state index contributed by atoms with van der Waals surface area (Å²) in [4.78, 5) is 16.0. The van der Waals surface area contributed by atoms with Gasteiger partial charge in [0.15, 0.2) is 0 Å². The summed E-state index contributed by atoms with van der Waals surface area (Å²) in [5.41, 5.74) is 1.91. The lowest BCUT2D eigenvalue weighted by atomic mass is 9.98. The number of carbonyl (C=O) groups excluding carboxylic acids is 1. The zero-order valence-electron chi connectivity index (χ0n) is 18.2. The second-order valence-electron chi connectivity index (χ2n) is 8.46. The molecule has 1 aromatic carbocycles. The van der Waals surface area contributed by atoms with Crippen molar-refractivity contribution in [3.8, 4) is 0 Å². The van der Waals surface area contributed by atoms with Gasteiger partial charge in [0.05, 0.1) is 5.75 Å². The molecular weight excluding hydrogens is 402 g/mol. The average Bonchev–Trinajstić information content (AvgIpc) is 2.73. The first-order chi connectivity index (χ1) is 14.3. The van der Waals surface area contributed by atoms with Crippen molar-refractivity contribution in [1.29, 1.82) is 0 Å². The number of sulfonamides is 1. The summed E-state index contributed by atoms with van der Waals surface area (Å²) in [5.74, 6) is 0.136. The quantitative estimate of drug-likeness (QED) is 0.672. The lowest BCUT2D eigenvalue weighted by molar-refractivity contribution is -0.130. The SMILES string of the molecule is CC(=O)N1CCC(N(CCNS(=O)(=O)Cc2ccc(C)cc2)C2CCOCC2)CC1. The molecule has 168 valence electrons. The van der Waals surface area contributed by atoms with E-state index in [4.69, 9.17) is 4.74 Å². The Hall–Kier alpha value is -1.48. The minimum Gasteiger partial charge on any atom is -0.381 e. The number of aryl methyl sites for hydroxylation is 1. The van der Waals surface area contributed by atoms with Gasteiger partial charge in [0.1, 0.15) is 0 Å². The van der Waals surface area contributed by atoms with Crippen LogP contribution in [-0.4, -0.2) is 75.6 Å². The fourth-order valence-corrected chi connectivity index (χ4v) is 5.61. The maximum Gasteiger partial charge on any atom is 0.219 e. The van der Waals surface area contributed by atoms with Gasteiger partial charge in [-0.15, -0.1) is 0 Å². The molecule has 7 nitrogen and oxygen atoms in total. The van der Waals surface area contributed by atoms with Crippen molar-refractivity contribution in [3.63, 3.8) is 0 Å². The molecule has 1 amide bonds. The van der Waals surface area contributed by atoms with Crippen molar-refractivity contribution in [2.75, 3.05) is 39.4 Å². The minimum atomic E-state index is -3.38. The van der Waals surface area contributed by atoms with Crippen LogP contribution in [0.25, 0.3) is 0 Å². The molecule has 2 aliphatic heterocycles. The number of nitrogens with one attached hydrogen (secondary N) is 1. The summed E-state index contributed by atoms with van der Waals surface area (Å²) in [6.07, 6.45) is 3.83. The van der Waals surface area contributed by atoms with E-state index in [-0.39, 0.29) is 11.7 Å². The van der Waals surface area contributed by atoms with E-state index in [1.54, 1.807) is 6.92 Å². The van der Waals surface area contributed by atoms with Crippen LogP contribution in [0.3, 0.4) is 0 Å². The van der Waals surface area contributed by atoms with Crippen molar-refractivity contribution < 1.29 is 17.9 Å². The number of piperidine rings is 1. The van der Waals surface area contributed by atoms with E-state index in [0.717, 1.165) is 63.1 Å². The van der Waals surface area contributed by atoms with Crippen LogP contribution in [0.5, 0.6) is 0 Å². The van der Waals surface area contributed by atoms with Crippen LogP contribution in [0.15, 0.2) is 24.3 Å². The van der Waals surface area contributed by atoms with E-state index < -0.39 is 10.0 Å². The molecule has 0 aromatic heterocycles. The standard InChI is InChI=1S/C22H35N3O4S/c1-18-3-5-20(6-4-18)17-30(27,28)23-11-14-25(22-9-15-29-16-10-22)21-7-12-24(13-8-21)19(2)26/h3-6,21-23H,7-17H2,1-2H3. The van der Waals surface area contributed by atoms with Gasteiger partial charge in [-0.3, -0.25) is 9.69 Å². The molecule has 0 saturated carbocycles. The first-order valence-corrected chi connectivity index (χ1v) is 12.6. The minimum absolute atomic E-state index is 0.00154. The molecule has 0 bridgehead atoms. The van der Waals surface area contributed by atoms with Crippen LogP contribution in [0, 0.1) is 6.92 Å². The third kappa shape index (κ3) is 6.77. The molecule has 2 aliphatic rings. The van der Waals surface area contributed by atoms with E-state index in [2.05, 4.69) is 9.62 Å². The van der Waals surface area contributed by atoms with Crippen LogP contribution < -0.4 is 4.72 Å². The molecule has 8 heteroatoms. The summed E-state index contributed by atoms with van der Waals surface area (Å²) >= 11 is 0. The second kappa shape index (κ2) is 10.7. The fraction of sp³-hybridized carbons (Fsp3) is 0.682. The smallest absolute Gasteiger partial charge is 0.219 e. The van der Waals surface area contributed by atoms with Gasteiger partial charge in [0.25, 0.3) is 0 Å². The molecule has 0 radical (unpaired) electrons. The van der Waals surface area contributed by atoms with E-state index in [0.29, 0.717) is 25.2 Å². The molecule has 1 N–H and O–H groups in total. The van der Waals surface area contributed by atoms with Gasteiger partial charge in [-0.2, -0.15) is 0 Å². The molecule has 30 heavy (non-hydrogen) atoms. The van der Waals surface area contributed by atoms with Crippen LogP contribution in [0.4, 0.5) is 0 Å². The highest BCUT2D eigenvalue weighted by molar-refractivity contribution is 7.88. The third-order valence-electron chi connectivity index (χ3n) is 6.21. The van der Waals surface area contributed by atoms with Crippen molar-refractivity contribution in [3.05, 3.63) is 35.4 Å². The largest absolute Gasteiger partial charge is 0.381 e. The number of rotatable bonds is 8. The van der Waals surface area contributed by atoms with Crippen molar-refractivity contribution >= 4 is 15.9 Å². The topological polar surface area (TPSA) is 79.0 Å². The second-order valence-corrected chi connectivity index (χ2v) is 10.3. The Morgan fingerprint density at radius 2 is 1.70 bits per heavy atom. The molecule has 0 atom stereocenters. The van der Waals surface area contributed by atoms with E-state index in [9.17, 15) is 13.2 Å². The predicted octanol–water partition coefficient (Wildman–Crippen LogP) is 1.91. The van der Waals surface area contributed by atoms with Gasteiger partial charge in [0, 0.05) is 58.4 Å². The van der Waals surface area contributed by atoms with Crippen molar-refractivity contribution in [1.82, 2.24) is 14.5 Å². The van der Waals surface area contributed by atoms with Gasteiger partial charge >= 0.3 is 0 Å². The van der Waals surface area contributed by atoms with Crippen molar-refractivity contribution in [2.45, 2.75) is 57.4 Å². The number of hydrogen-bond donors (Lipinski definition) is 1. The van der Waals surface area contributed by atoms with E-state index in [1.807, 2.05) is 36.1 Å². The molecule has 0 aliphatic carbocycles. The fourth-order valence-electron chi connectivity index (χ4n) is 4.48. The number of nitrogens with zero attached hydrogens (tertiary/aromatic N) is 2. The van der Waals surface area contributed by atoms with Crippen molar-refractivity contribution in [2.24, 2.45) is 0 Å². The van der Waals surface area contributed by atoms with Crippen LogP contribution in [0.1, 0.15) is 43.7 Å². The average molecular weight is 438 g/mol. The molecule has 3 rings (SSSR count). The molecule has 2 heterocycles. The molecule has 0 spiro atoms. The molecule has 2 fully saturated rings. The van der Waals surface area contributed by atoms with Gasteiger partial charge in [-0.05, 0) is 38.2 Å². The first kappa shape index (κ1) is 23.2. The summed E-state index contributed by atoms with van der Waals surface area (Å²) in [7, 11) is -3.38. The van der Waals surface area contributed by atoms with Gasteiger partial charge in [0.2, 0.25) is 15.9 Å². The summed E-state index contributed by atoms with van der Waals surface area (Å²) in [6, 6.07) is 8.40. The molecular formula is C22H35N3O4S. The molecule has 0 unspecified atom stereocenters. The molecule has 1 aromatic rings. The maximum absolute atomic E-state index is 12.5. The Labute approximate surface area is 180 Å². The summed E-state index contributed by atoms with van der Waals surface area (Å²) in [6.45, 7) is 7.76. The monoisotopic (exact) mass is 437 g/mol. The lowest BCUT2D eigenvalue weighted by Crippen LogP contribution is -2.53. The zero-order chi connectivity index (χ0) is 21.6. The summed E-state index contributed by atoms with van der Waals surface area (Å²) in [5, 5.41) is 0. The van der Waals surface area contributed by atoms with Crippen LogP contribution >= 0.6 is 0 Å². The summed E-state index contributed by atoms with van der Waals surface area (Å²) < 4.78 is 33.4. The Kier molecular flexibility index (Phi) is 8.27. The number of benzene rings is 1. The van der Waals surface area contributed by atoms with Crippen LogP contribution in [-0.2, 0) is 25.3 Å². The van der Waals surface area contributed by atoms with Crippen LogP contribution in [0.2, 0.25) is 0 Å². The number of amides is 1. The highest BCUT2D eigenvalue weighted by Gasteiger charge is 2.31. The highest BCUT2D eigenvalue weighted by atomic mass is 32.2. The maximum atomic E-state index is 12.5. The Bertz CT molecular complexity index is 783. The van der Waals surface area contributed by atoms with E-state index in [1.165, 1.54) is 0 Å². The number of carbonyl (C=O) groups is 1. The molecule has 2 saturated heterocycles. The number of ether oxygens (including phenoxy) is 1. The number of hydrogen-bond acceptors (Lipinski definition) is 5. The highest BCUT2D eigenvalue weighted by Crippen LogP contribution is 2.23. The van der Waals surface area contributed by atoms with E-state index >= 15 is 0 Å². The first-order valence-electron chi connectivity index (χ1n) is 11.0. The van der Waals surface area contributed by atoms with Gasteiger partial charge < -0.3 is 9.64 Å². The Morgan fingerprint density at radius 3 is 2.30 bits per heavy atom. The number of likely N-dealkylation sites (tertiary alicyclic amines) is 1. The third-order valence-corrected chi connectivity index (χ3v) is 7.57.